The third-order valence-corrected chi connectivity index (χ3v) is 3.95. The van der Waals surface area contributed by atoms with Gasteiger partial charge in [-0.25, -0.2) is 0 Å². The maximum absolute atomic E-state index is 5.98. The Hall–Kier alpha value is -1.45. The largest absolute Gasteiger partial charge is 0.470 e. The summed E-state index contributed by atoms with van der Waals surface area (Å²) in [4.78, 5) is 7.01. The van der Waals surface area contributed by atoms with E-state index < -0.39 is 0 Å². The first-order valence-corrected chi connectivity index (χ1v) is 7.50. The van der Waals surface area contributed by atoms with Crippen LogP contribution in [0.5, 0.6) is 5.88 Å². The molecule has 1 fully saturated rings. The third kappa shape index (κ3) is 3.35. The van der Waals surface area contributed by atoms with Gasteiger partial charge in [-0.2, -0.15) is 4.98 Å². The van der Waals surface area contributed by atoms with Crippen molar-refractivity contribution in [3.8, 4) is 5.88 Å². The summed E-state index contributed by atoms with van der Waals surface area (Å²) < 4.78 is 5.86. The van der Waals surface area contributed by atoms with Gasteiger partial charge in [-0.15, -0.1) is 0 Å². The molecule has 4 heteroatoms. The molecule has 2 N–H and O–H groups in total. The van der Waals surface area contributed by atoms with Crippen LogP contribution in [0.1, 0.15) is 47.5 Å². The van der Waals surface area contributed by atoms with Crippen molar-refractivity contribution in [1.82, 2.24) is 4.98 Å². The zero-order chi connectivity index (χ0) is 14.9. The fraction of sp³-hybridized carbons (Fsp3) is 0.688. The smallest absolute Gasteiger partial charge is 0.239 e. The van der Waals surface area contributed by atoms with Gasteiger partial charge in [0, 0.05) is 12.6 Å². The Balaban J connectivity index is 2.26. The highest BCUT2D eigenvalue weighted by atomic mass is 16.5. The number of nitrogens with two attached hydrogens (primary N) is 1. The van der Waals surface area contributed by atoms with E-state index in [0.29, 0.717) is 23.5 Å². The summed E-state index contributed by atoms with van der Waals surface area (Å²) in [5, 5.41) is 0. The molecule has 0 radical (unpaired) electrons. The summed E-state index contributed by atoms with van der Waals surface area (Å²) in [5.41, 5.74) is 6.29. The number of anilines is 2. The first-order valence-electron chi connectivity index (χ1n) is 7.50. The molecule has 0 amide bonds. The molecule has 1 aromatic rings. The van der Waals surface area contributed by atoms with E-state index in [-0.39, 0.29) is 5.60 Å². The van der Waals surface area contributed by atoms with Crippen LogP contribution in [-0.2, 0) is 0 Å². The minimum absolute atomic E-state index is 0.291. The van der Waals surface area contributed by atoms with E-state index in [4.69, 9.17) is 10.5 Å². The monoisotopic (exact) mass is 277 g/mol. The van der Waals surface area contributed by atoms with Gasteiger partial charge in [0.05, 0.1) is 5.69 Å². The Bertz CT molecular complexity index is 467. The number of ether oxygens (including phenoxy) is 1. The van der Waals surface area contributed by atoms with Gasteiger partial charge < -0.3 is 15.4 Å². The van der Waals surface area contributed by atoms with Crippen molar-refractivity contribution in [2.24, 2.45) is 5.92 Å². The van der Waals surface area contributed by atoms with Crippen LogP contribution in [0.2, 0.25) is 0 Å². The summed E-state index contributed by atoms with van der Waals surface area (Å²) in [7, 11) is 0. The van der Waals surface area contributed by atoms with Gasteiger partial charge in [-0.1, -0.05) is 6.92 Å². The van der Waals surface area contributed by atoms with Crippen molar-refractivity contribution < 1.29 is 4.74 Å². The summed E-state index contributed by atoms with van der Waals surface area (Å²) in [5.74, 6) is 2.20. The number of hydrogen-bond donors (Lipinski definition) is 1. The molecule has 4 nitrogen and oxygen atoms in total. The second-order valence-electron chi connectivity index (χ2n) is 6.83. The Morgan fingerprint density at radius 3 is 2.65 bits per heavy atom. The van der Waals surface area contributed by atoms with Gasteiger partial charge in [0.2, 0.25) is 5.88 Å². The SMILES string of the molecule is CC1CCCN(c2ccc(N)c(OC(C)(C)C)n2)C1C. The van der Waals surface area contributed by atoms with Crippen LogP contribution in [0.3, 0.4) is 0 Å². The van der Waals surface area contributed by atoms with Gasteiger partial charge in [0.1, 0.15) is 11.4 Å². The van der Waals surface area contributed by atoms with Crippen molar-refractivity contribution in [3.05, 3.63) is 12.1 Å². The predicted molar refractivity (Wildman–Crippen MR) is 84.2 cm³/mol. The first-order chi connectivity index (χ1) is 9.28. The molecular formula is C16H27N3O. The summed E-state index contributed by atoms with van der Waals surface area (Å²) in [6.45, 7) is 11.6. The molecule has 2 atom stereocenters. The van der Waals surface area contributed by atoms with E-state index in [1.807, 2.05) is 32.9 Å². The molecule has 2 rings (SSSR count). The van der Waals surface area contributed by atoms with Crippen molar-refractivity contribution in [3.63, 3.8) is 0 Å². The average molecular weight is 277 g/mol. The average Bonchev–Trinajstić information content (AvgIpc) is 2.34. The fourth-order valence-corrected chi connectivity index (χ4v) is 2.63. The summed E-state index contributed by atoms with van der Waals surface area (Å²) >= 11 is 0. The lowest BCUT2D eigenvalue weighted by atomic mass is 9.92. The van der Waals surface area contributed by atoms with E-state index in [0.717, 1.165) is 12.4 Å². The van der Waals surface area contributed by atoms with E-state index >= 15 is 0 Å². The molecule has 1 aliphatic rings. The topological polar surface area (TPSA) is 51.4 Å². The van der Waals surface area contributed by atoms with Crippen LogP contribution >= 0.6 is 0 Å². The van der Waals surface area contributed by atoms with Gasteiger partial charge in [0.15, 0.2) is 0 Å². The lowest BCUT2D eigenvalue weighted by Crippen LogP contribution is -2.43. The zero-order valence-corrected chi connectivity index (χ0v) is 13.3. The highest BCUT2D eigenvalue weighted by molar-refractivity contribution is 5.55. The first kappa shape index (κ1) is 14.9. The predicted octanol–water partition coefficient (Wildman–Crippen LogP) is 3.47. The molecule has 0 bridgehead atoms. The standard InChI is InChI=1S/C16H27N3O/c1-11-7-6-10-19(12(11)2)14-9-8-13(17)15(18-14)20-16(3,4)5/h8-9,11-12H,6-7,10,17H2,1-5H3. The number of hydrogen-bond acceptors (Lipinski definition) is 4. The van der Waals surface area contributed by atoms with E-state index in [1.165, 1.54) is 12.8 Å². The van der Waals surface area contributed by atoms with Crippen LogP contribution < -0.4 is 15.4 Å². The molecule has 2 heterocycles. The molecule has 0 aromatic carbocycles. The molecule has 0 aliphatic carbocycles. The van der Waals surface area contributed by atoms with Crippen LogP contribution in [0.25, 0.3) is 0 Å². The van der Waals surface area contributed by atoms with Crippen LogP contribution in [0.4, 0.5) is 11.5 Å². The number of nitrogens with zero attached hydrogens (tertiary/aromatic N) is 2. The van der Waals surface area contributed by atoms with Crippen LogP contribution in [0, 0.1) is 5.92 Å². The van der Waals surface area contributed by atoms with Gasteiger partial charge >= 0.3 is 0 Å². The maximum Gasteiger partial charge on any atom is 0.239 e. The third-order valence-electron chi connectivity index (χ3n) is 3.95. The summed E-state index contributed by atoms with van der Waals surface area (Å²) in [6, 6.07) is 4.40. The van der Waals surface area contributed by atoms with E-state index in [1.54, 1.807) is 0 Å². The van der Waals surface area contributed by atoms with E-state index in [2.05, 4.69) is 23.7 Å². The Morgan fingerprint density at radius 1 is 1.30 bits per heavy atom. The minimum atomic E-state index is -0.291. The number of piperidine rings is 1. The number of pyridine rings is 1. The number of aromatic nitrogens is 1. The van der Waals surface area contributed by atoms with Crippen LogP contribution in [-0.4, -0.2) is 23.2 Å². The molecule has 112 valence electrons. The Kier molecular flexibility index (Phi) is 4.11. The molecule has 2 unspecified atom stereocenters. The van der Waals surface area contributed by atoms with Crippen LogP contribution in [0.15, 0.2) is 12.1 Å². The van der Waals surface area contributed by atoms with Gasteiger partial charge in [-0.3, -0.25) is 0 Å². The molecule has 0 spiro atoms. The molecular weight excluding hydrogens is 250 g/mol. The van der Waals surface area contributed by atoms with Gasteiger partial charge in [0.25, 0.3) is 0 Å². The lowest BCUT2D eigenvalue weighted by molar-refractivity contribution is 0.125. The quantitative estimate of drug-likeness (QED) is 0.899. The van der Waals surface area contributed by atoms with Crippen molar-refractivity contribution in [1.29, 1.82) is 0 Å². The summed E-state index contributed by atoms with van der Waals surface area (Å²) in [6.07, 6.45) is 2.50. The molecule has 1 aliphatic heterocycles. The number of rotatable bonds is 2. The molecule has 1 aromatic heterocycles. The fourth-order valence-electron chi connectivity index (χ4n) is 2.63. The highest BCUT2D eigenvalue weighted by Gasteiger charge is 2.26. The Morgan fingerprint density at radius 2 is 2.00 bits per heavy atom. The van der Waals surface area contributed by atoms with Crippen molar-refractivity contribution >= 4 is 11.5 Å². The lowest BCUT2D eigenvalue weighted by Gasteiger charge is -2.39. The zero-order valence-electron chi connectivity index (χ0n) is 13.3. The van der Waals surface area contributed by atoms with Crippen molar-refractivity contribution in [2.45, 2.75) is 59.1 Å². The minimum Gasteiger partial charge on any atom is -0.470 e. The molecule has 20 heavy (non-hydrogen) atoms. The van der Waals surface area contributed by atoms with E-state index in [9.17, 15) is 0 Å². The maximum atomic E-state index is 5.98. The Labute approximate surface area is 122 Å². The van der Waals surface area contributed by atoms with Crippen molar-refractivity contribution in [2.75, 3.05) is 17.2 Å². The molecule has 1 saturated heterocycles. The molecule has 0 saturated carbocycles. The second-order valence-corrected chi connectivity index (χ2v) is 6.83. The highest BCUT2D eigenvalue weighted by Crippen LogP contribution is 2.31. The number of nitrogen functional groups attached to an aromatic ring is 1. The van der Waals surface area contributed by atoms with Gasteiger partial charge in [-0.05, 0) is 58.6 Å². The second kappa shape index (κ2) is 5.51. The normalized spacial score (nSPS) is 23.8.